The highest BCUT2D eigenvalue weighted by atomic mass is 14.1. The summed E-state index contributed by atoms with van der Waals surface area (Å²) in [6.45, 7) is 4.31. The zero-order valence-corrected chi connectivity index (χ0v) is 17.4. The molecule has 0 fully saturated rings. The van der Waals surface area contributed by atoms with Gasteiger partial charge in [0.2, 0.25) is 0 Å². The van der Waals surface area contributed by atoms with Gasteiger partial charge < -0.3 is 0 Å². The van der Waals surface area contributed by atoms with Gasteiger partial charge in [-0.05, 0) is 66.5 Å². The van der Waals surface area contributed by atoms with Gasteiger partial charge in [0.15, 0.2) is 0 Å². The standard InChI is InChI=1S/C29H28/c1-22-7-3-9-24(15-22)17-26-11-5-13-28(19-26)21-29-14-6-12-27(20-29)18-25-10-4-8-23(2)16-25/h3-16,19-20H,17-18,21H2,1-2H3. The molecule has 4 rings (SSSR count). The fourth-order valence-electron chi connectivity index (χ4n) is 4.05. The Labute approximate surface area is 174 Å². The largest absolute Gasteiger partial charge is 0.0617 e. The van der Waals surface area contributed by atoms with Crippen LogP contribution in [0.15, 0.2) is 97.1 Å². The highest BCUT2D eigenvalue weighted by Gasteiger charge is 2.03. The molecule has 0 heterocycles. The fourth-order valence-corrected chi connectivity index (χ4v) is 4.05. The van der Waals surface area contributed by atoms with E-state index in [0.717, 1.165) is 19.3 Å². The van der Waals surface area contributed by atoms with Crippen molar-refractivity contribution in [3.8, 4) is 0 Å². The third kappa shape index (κ3) is 5.45. The molecule has 0 aliphatic rings. The van der Waals surface area contributed by atoms with Crippen molar-refractivity contribution in [2.75, 3.05) is 0 Å². The maximum absolute atomic E-state index is 2.36. The van der Waals surface area contributed by atoms with Crippen LogP contribution >= 0.6 is 0 Å². The van der Waals surface area contributed by atoms with Gasteiger partial charge in [0.1, 0.15) is 0 Å². The minimum absolute atomic E-state index is 0.976. The van der Waals surface area contributed by atoms with Gasteiger partial charge in [-0.3, -0.25) is 0 Å². The molecule has 0 saturated carbocycles. The molecule has 0 aromatic heterocycles. The van der Waals surface area contributed by atoms with E-state index in [1.54, 1.807) is 0 Å². The summed E-state index contributed by atoms with van der Waals surface area (Å²) in [5.74, 6) is 0. The summed E-state index contributed by atoms with van der Waals surface area (Å²) in [5.41, 5.74) is 10.9. The Balaban J connectivity index is 1.48. The van der Waals surface area contributed by atoms with Gasteiger partial charge >= 0.3 is 0 Å². The molecule has 29 heavy (non-hydrogen) atoms. The first-order valence-corrected chi connectivity index (χ1v) is 10.4. The summed E-state index contributed by atoms with van der Waals surface area (Å²) in [5, 5.41) is 0. The Bertz CT molecular complexity index is 1020. The van der Waals surface area contributed by atoms with Gasteiger partial charge in [-0.2, -0.15) is 0 Å². The van der Waals surface area contributed by atoms with Gasteiger partial charge in [0.25, 0.3) is 0 Å². The zero-order chi connectivity index (χ0) is 20.1. The lowest BCUT2D eigenvalue weighted by Gasteiger charge is -2.09. The van der Waals surface area contributed by atoms with E-state index in [2.05, 4.69) is 111 Å². The molecule has 0 unspecified atom stereocenters. The molecule has 4 aromatic rings. The maximum Gasteiger partial charge on any atom is -0.00256 e. The predicted octanol–water partition coefficient (Wildman–Crippen LogP) is 7.08. The molecule has 4 aromatic carbocycles. The molecular weight excluding hydrogens is 348 g/mol. The van der Waals surface area contributed by atoms with Gasteiger partial charge in [-0.1, -0.05) is 108 Å². The molecule has 0 heteroatoms. The predicted molar refractivity (Wildman–Crippen MR) is 124 cm³/mol. The molecule has 0 aliphatic heterocycles. The molecule has 0 amide bonds. The van der Waals surface area contributed by atoms with Crippen LogP contribution in [0.4, 0.5) is 0 Å². The first-order chi connectivity index (χ1) is 14.1. The topological polar surface area (TPSA) is 0 Å². The van der Waals surface area contributed by atoms with Gasteiger partial charge in [-0.25, -0.2) is 0 Å². The quantitative estimate of drug-likeness (QED) is 0.337. The van der Waals surface area contributed by atoms with E-state index in [1.807, 2.05) is 0 Å². The Morgan fingerprint density at radius 3 is 0.966 bits per heavy atom. The molecule has 0 aliphatic carbocycles. The summed E-state index contributed by atoms with van der Waals surface area (Å²) in [7, 11) is 0. The van der Waals surface area contributed by atoms with Crippen molar-refractivity contribution in [2.24, 2.45) is 0 Å². The second kappa shape index (κ2) is 8.92. The molecular formula is C29H28. The summed E-state index contributed by atoms with van der Waals surface area (Å²) in [4.78, 5) is 0. The zero-order valence-electron chi connectivity index (χ0n) is 17.4. The lowest BCUT2D eigenvalue weighted by Crippen LogP contribution is -1.95. The molecule has 0 bridgehead atoms. The second-order valence-electron chi connectivity index (χ2n) is 8.15. The summed E-state index contributed by atoms with van der Waals surface area (Å²) in [6.07, 6.45) is 2.95. The Morgan fingerprint density at radius 2 is 0.655 bits per heavy atom. The van der Waals surface area contributed by atoms with Crippen molar-refractivity contribution in [1.29, 1.82) is 0 Å². The van der Waals surface area contributed by atoms with Crippen LogP contribution < -0.4 is 0 Å². The van der Waals surface area contributed by atoms with Crippen LogP contribution in [0, 0.1) is 13.8 Å². The normalized spacial score (nSPS) is 10.8. The third-order valence-electron chi connectivity index (χ3n) is 5.37. The molecule has 0 nitrogen and oxygen atoms in total. The van der Waals surface area contributed by atoms with E-state index in [0.29, 0.717) is 0 Å². The van der Waals surface area contributed by atoms with Crippen molar-refractivity contribution in [2.45, 2.75) is 33.1 Å². The lowest BCUT2D eigenvalue weighted by atomic mass is 9.96. The van der Waals surface area contributed by atoms with Crippen molar-refractivity contribution in [1.82, 2.24) is 0 Å². The monoisotopic (exact) mass is 376 g/mol. The molecule has 0 N–H and O–H groups in total. The maximum atomic E-state index is 2.36. The third-order valence-corrected chi connectivity index (χ3v) is 5.37. The smallest absolute Gasteiger partial charge is 0.00256 e. The Hall–Kier alpha value is -3.12. The number of rotatable bonds is 6. The van der Waals surface area contributed by atoms with Crippen LogP contribution in [0.1, 0.15) is 44.5 Å². The first-order valence-electron chi connectivity index (χ1n) is 10.4. The SMILES string of the molecule is Cc1cccc(Cc2cccc(Cc3cccc(Cc4cccc(C)c4)c3)c2)c1. The van der Waals surface area contributed by atoms with Crippen LogP contribution in [0.3, 0.4) is 0 Å². The van der Waals surface area contributed by atoms with E-state index < -0.39 is 0 Å². The molecule has 0 saturated heterocycles. The second-order valence-corrected chi connectivity index (χ2v) is 8.15. The van der Waals surface area contributed by atoms with E-state index in [-0.39, 0.29) is 0 Å². The van der Waals surface area contributed by atoms with E-state index >= 15 is 0 Å². The van der Waals surface area contributed by atoms with Gasteiger partial charge in [0, 0.05) is 0 Å². The number of benzene rings is 4. The fraction of sp³-hybridized carbons (Fsp3) is 0.172. The van der Waals surface area contributed by atoms with E-state index in [4.69, 9.17) is 0 Å². The van der Waals surface area contributed by atoms with Crippen molar-refractivity contribution >= 4 is 0 Å². The van der Waals surface area contributed by atoms with Gasteiger partial charge in [0.05, 0.1) is 0 Å². The average Bonchev–Trinajstić information content (AvgIpc) is 2.69. The number of aryl methyl sites for hydroxylation is 2. The van der Waals surface area contributed by atoms with Crippen LogP contribution in [-0.4, -0.2) is 0 Å². The lowest BCUT2D eigenvalue weighted by molar-refractivity contribution is 1.11. The van der Waals surface area contributed by atoms with Crippen molar-refractivity contribution in [3.05, 3.63) is 142 Å². The Kier molecular flexibility index (Phi) is 5.91. The summed E-state index contributed by atoms with van der Waals surface area (Å²) in [6, 6.07) is 35.7. The highest BCUT2D eigenvalue weighted by Crippen LogP contribution is 2.18. The van der Waals surface area contributed by atoms with Crippen LogP contribution in [-0.2, 0) is 19.3 Å². The molecule has 144 valence electrons. The molecule has 0 spiro atoms. The minimum Gasteiger partial charge on any atom is -0.0617 e. The average molecular weight is 377 g/mol. The van der Waals surface area contributed by atoms with Crippen molar-refractivity contribution in [3.63, 3.8) is 0 Å². The molecule has 0 radical (unpaired) electrons. The van der Waals surface area contributed by atoms with Crippen molar-refractivity contribution < 1.29 is 0 Å². The number of hydrogen-bond donors (Lipinski definition) is 0. The van der Waals surface area contributed by atoms with E-state index in [1.165, 1.54) is 44.5 Å². The Morgan fingerprint density at radius 1 is 0.379 bits per heavy atom. The first kappa shape index (κ1) is 19.2. The van der Waals surface area contributed by atoms with Crippen LogP contribution in [0.5, 0.6) is 0 Å². The highest BCUT2D eigenvalue weighted by molar-refractivity contribution is 5.36. The van der Waals surface area contributed by atoms with Crippen LogP contribution in [0.25, 0.3) is 0 Å². The van der Waals surface area contributed by atoms with Gasteiger partial charge in [-0.15, -0.1) is 0 Å². The summed E-state index contributed by atoms with van der Waals surface area (Å²) >= 11 is 0. The minimum atomic E-state index is 0.976. The van der Waals surface area contributed by atoms with Crippen LogP contribution in [0.2, 0.25) is 0 Å². The number of hydrogen-bond acceptors (Lipinski definition) is 0. The molecule has 0 atom stereocenters. The summed E-state index contributed by atoms with van der Waals surface area (Å²) < 4.78 is 0. The van der Waals surface area contributed by atoms with E-state index in [9.17, 15) is 0 Å².